The van der Waals surface area contributed by atoms with Crippen LogP contribution in [0.3, 0.4) is 0 Å². The van der Waals surface area contributed by atoms with Gasteiger partial charge in [0.05, 0.1) is 0 Å². The zero-order valence-corrected chi connectivity index (χ0v) is 7.03. The van der Waals surface area contributed by atoms with Crippen LogP contribution in [0.5, 0.6) is 0 Å². The minimum absolute atomic E-state index is 0.396. The first-order valence-corrected chi connectivity index (χ1v) is 3.69. The van der Waals surface area contributed by atoms with Crippen molar-refractivity contribution < 1.29 is 4.74 Å². The van der Waals surface area contributed by atoms with Crippen LogP contribution in [0, 0.1) is 0 Å². The zero-order chi connectivity index (χ0) is 8.81. The molecule has 0 aliphatic rings. The second-order valence-electron chi connectivity index (χ2n) is 2.22. The van der Waals surface area contributed by atoms with Gasteiger partial charge in [0, 0.05) is 20.2 Å². The summed E-state index contributed by atoms with van der Waals surface area (Å²) in [5.41, 5.74) is 5.32. The SMILES string of the molecule is COCn1ncnc1NCCN. The van der Waals surface area contributed by atoms with Gasteiger partial charge in [-0.15, -0.1) is 0 Å². The minimum atomic E-state index is 0.396. The van der Waals surface area contributed by atoms with Crippen molar-refractivity contribution in [2.75, 3.05) is 25.5 Å². The van der Waals surface area contributed by atoms with Crippen LogP contribution < -0.4 is 11.1 Å². The molecule has 0 fully saturated rings. The summed E-state index contributed by atoms with van der Waals surface area (Å²) in [5.74, 6) is 0.683. The molecule has 1 aromatic heterocycles. The molecule has 1 heterocycles. The first-order chi connectivity index (χ1) is 5.88. The molecule has 0 aliphatic heterocycles. The molecule has 3 N–H and O–H groups in total. The average molecular weight is 171 g/mol. The summed E-state index contributed by atoms with van der Waals surface area (Å²) in [6.45, 7) is 1.65. The van der Waals surface area contributed by atoms with Gasteiger partial charge in [0.15, 0.2) is 0 Å². The normalized spacial score (nSPS) is 10.2. The quantitative estimate of drug-likeness (QED) is 0.609. The topological polar surface area (TPSA) is 78.0 Å². The lowest BCUT2D eigenvalue weighted by Crippen LogP contribution is -2.17. The molecule has 0 aliphatic carbocycles. The molecule has 68 valence electrons. The maximum Gasteiger partial charge on any atom is 0.223 e. The van der Waals surface area contributed by atoms with E-state index in [4.69, 9.17) is 10.5 Å². The van der Waals surface area contributed by atoms with E-state index in [2.05, 4.69) is 15.4 Å². The lowest BCUT2D eigenvalue weighted by molar-refractivity contribution is 0.122. The van der Waals surface area contributed by atoms with E-state index in [1.807, 2.05) is 0 Å². The Morgan fingerprint density at radius 1 is 1.75 bits per heavy atom. The fourth-order valence-electron chi connectivity index (χ4n) is 0.802. The van der Waals surface area contributed by atoms with E-state index in [9.17, 15) is 0 Å². The average Bonchev–Trinajstić information content (AvgIpc) is 2.50. The van der Waals surface area contributed by atoms with Crippen molar-refractivity contribution in [2.24, 2.45) is 5.73 Å². The van der Waals surface area contributed by atoms with Crippen LogP contribution in [-0.4, -0.2) is 35.0 Å². The number of rotatable bonds is 5. The van der Waals surface area contributed by atoms with Gasteiger partial charge < -0.3 is 15.8 Å². The molecule has 0 amide bonds. The molecule has 0 spiro atoms. The number of methoxy groups -OCH3 is 1. The van der Waals surface area contributed by atoms with Gasteiger partial charge in [0.25, 0.3) is 0 Å². The summed E-state index contributed by atoms with van der Waals surface area (Å²) in [7, 11) is 1.61. The third-order valence-electron chi connectivity index (χ3n) is 1.29. The Kier molecular flexibility index (Phi) is 3.49. The van der Waals surface area contributed by atoms with E-state index >= 15 is 0 Å². The summed E-state index contributed by atoms with van der Waals surface area (Å²) in [6.07, 6.45) is 1.47. The third kappa shape index (κ3) is 2.18. The molecule has 0 aromatic carbocycles. The van der Waals surface area contributed by atoms with E-state index in [-0.39, 0.29) is 0 Å². The van der Waals surface area contributed by atoms with E-state index in [0.29, 0.717) is 25.8 Å². The van der Waals surface area contributed by atoms with Gasteiger partial charge in [-0.2, -0.15) is 10.1 Å². The predicted molar refractivity (Wildman–Crippen MR) is 44.6 cm³/mol. The Hall–Kier alpha value is -1.14. The Morgan fingerprint density at radius 3 is 3.25 bits per heavy atom. The van der Waals surface area contributed by atoms with Gasteiger partial charge in [-0.05, 0) is 0 Å². The standard InChI is InChI=1S/C6H13N5O/c1-12-5-11-6(8-3-2-7)9-4-10-11/h4H,2-3,5,7H2,1H3,(H,8,9,10). The molecular formula is C6H13N5O. The maximum absolute atomic E-state index is 5.32. The summed E-state index contributed by atoms with van der Waals surface area (Å²) in [4.78, 5) is 3.98. The molecule has 0 saturated carbocycles. The number of aromatic nitrogens is 3. The van der Waals surface area contributed by atoms with Gasteiger partial charge in [0.1, 0.15) is 13.1 Å². The van der Waals surface area contributed by atoms with Crippen LogP contribution >= 0.6 is 0 Å². The van der Waals surface area contributed by atoms with Crippen molar-refractivity contribution in [1.29, 1.82) is 0 Å². The number of nitrogens with two attached hydrogens (primary N) is 1. The third-order valence-corrected chi connectivity index (χ3v) is 1.29. The number of anilines is 1. The number of hydrogen-bond donors (Lipinski definition) is 2. The molecular weight excluding hydrogens is 158 g/mol. The molecule has 0 atom stereocenters. The first-order valence-electron chi connectivity index (χ1n) is 3.69. The molecule has 0 radical (unpaired) electrons. The van der Waals surface area contributed by atoms with Gasteiger partial charge in [0.2, 0.25) is 5.95 Å². The van der Waals surface area contributed by atoms with E-state index in [1.54, 1.807) is 11.8 Å². The highest BCUT2D eigenvalue weighted by Gasteiger charge is 2.00. The molecule has 6 nitrogen and oxygen atoms in total. The Bertz CT molecular complexity index is 223. The molecule has 12 heavy (non-hydrogen) atoms. The van der Waals surface area contributed by atoms with Gasteiger partial charge in [-0.25, -0.2) is 4.68 Å². The van der Waals surface area contributed by atoms with Crippen LogP contribution in [0.1, 0.15) is 0 Å². The summed E-state index contributed by atoms with van der Waals surface area (Å²) in [6, 6.07) is 0. The fraction of sp³-hybridized carbons (Fsp3) is 0.667. The number of nitrogens with zero attached hydrogens (tertiary/aromatic N) is 3. The lowest BCUT2D eigenvalue weighted by atomic mass is 10.6. The lowest BCUT2D eigenvalue weighted by Gasteiger charge is -2.05. The van der Waals surface area contributed by atoms with E-state index in [0.717, 1.165) is 0 Å². The van der Waals surface area contributed by atoms with Crippen LogP contribution in [-0.2, 0) is 11.5 Å². The van der Waals surface area contributed by atoms with Crippen molar-refractivity contribution in [1.82, 2.24) is 14.8 Å². The molecule has 6 heteroatoms. The minimum Gasteiger partial charge on any atom is -0.362 e. The zero-order valence-electron chi connectivity index (χ0n) is 7.03. The highest BCUT2D eigenvalue weighted by atomic mass is 16.5. The van der Waals surface area contributed by atoms with Crippen molar-refractivity contribution >= 4 is 5.95 Å². The Morgan fingerprint density at radius 2 is 2.58 bits per heavy atom. The van der Waals surface area contributed by atoms with Crippen molar-refractivity contribution in [3.05, 3.63) is 6.33 Å². The number of nitrogens with one attached hydrogen (secondary N) is 1. The van der Waals surface area contributed by atoms with Gasteiger partial charge >= 0.3 is 0 Å². The molecule has 0 bridgehead atoms. The smallest absolute Gasteiger partial charge is 0.223 e. The Labute approximate surface area is 70.7 Å². The van der Waals surface area contributed by atoms with Gasteiger partial charge in [-0.3, -0.25) is 0 Å². The largest absolute Gasteiger partial charge is 0.362 e. The van der Waals surface area contributed by atoms with Crippen molar-refractivity contribution in [2.45, 2.75) is 6.73 Å². The molecule has 0 saturated heterocycles. The first kappa shape index (κ1) is 8.95. The second-order valence-corrected chi connectivity index (χ2v) is 2.22. The highest BCUT2D eigenvalue weighted by molar-refractivity contribution is 5.22. The van der Waals surface area contributed by atoms with Crippen molar-refractivity contribution in [3.8, 4) is 0 Å². The molecule has 1 aromatic rings. The van der Waals surface area contributed by atoms with Gasteiger partial charge in [-0.1, -0.05) is 0 Å². The monoisotopic (exact) mass is 171 g/mol. The number of hydrogen-bond acceptors (Lipinski definition) is 5. The highest BCUT2D eigenvalue weighted by Crippen LogP contribution is 1.99. The van der Waals surface area contributed by atoms with E-state index < -0.39 is 0 Å². The second kappa shape index (κ2) is 4.68. The Balaban J connectivity index is 2.51. The summed E-state index contributed by atoms with van der Waals surface area (Å²) < 4.78 is 6.52. The molecule has 1 rings (SSSR count). The summed E-state index contributed by atoms with van der Waals surface area (Å²) >= 11 is 0. The van der Waals surface area contributed by atoms with Crippen LogP contribution in [0.2, 0.25) is 0 Å². The maximum atomic E-state index is 5.32. The predicted octanol–water partition coefficient (Wildman–Crippen LogP) is -0.747. The van der Waals surface area contributed by atoms with Crippen LogP contribution in [0.15, 0.2) is 6.33 Å². The number of ether oxygens (including phenoxy) is 1. The fourth-order valence-corrected chi connectivity index (χ4v) is 0.802. The van der Waals surface area contributed by atoms with Crippen molar-refractivity contribution in [3.63, 3.8) is 0 Å². The van der Waals surface area contributed by atoms with E-state index in [1.165, 1.54) is 6.33 Å². The summed E-state index contributed by atoms with van der Waals surface area (Å²) in [5, 5.41) is 6.95. The van der Waals surface area contributed by atoms with Crippen LogP contribution in [0.4, 0.5) is 5.95 Å². The molecule has 0 unspecified atom stereocenters. The van der Waals surface area contributed by atoms with Crippen LogP contribution in [0.25, 0.3) is 0 Å².